The highest BCUT2D eigenvalue weighted by Crippen LogP contribution is 2.18. The molecule has 0 radical (unpaired) electrons. The molecule has 0 aliphatic rings. The normalized spacial score (nSPS) is 12.5. The quantitative estimate of drug-likeness (QED) is 0.415. The molecule has 0 aromatic heterocycles. The molecule has 0 saturated heterocycles. The van der Waals surface area contributed by atoms with Gasteiger partial charge in [0.15, 0.2) is 6.61 Å². The largest absolute Gasteiger partial charge is 0.484 e. The summed E-state index contributed by atoms with van der Waals surface area (Å²) in [5.74, 6) is 0.258. The van der Waals surface area contributed by atoms with Crippen molar-refractivity contribution in [3.8, 4) is 5.75 Å². The van der Waals surface area contributed by atoms with E-state index in [4.69, 9.17) is 4.74 Å². The molecule has 5 heteroatoms. The van der Waals surface area contributed by atoms with Crippen LogP contribution in [0.4, 0.5) is 0 Å². The molecule has 3 aromatic rings. The zero-order valence-electron chi connectivity index (χ0n) is 21.2. The summed E-state index contributed by atoms with van der Waals surface area (Å²) >= 11 is 0. The molecule has 0 bridgehead atoms. The number of hydrogen-bond donors (Lipinski definition) is 1. The van der Waals surface area contributed by atoms with Gasteiger partial charge >= 0.3 is 0 Å². The van der Waals surface area contributed by atoms with Crippen molar-refractivity contribution in [1.29, 1.82) is 0 Å². The van der Waals surface area contributed by atoms with E-state index in [1.165, 1.54) is 0 Å². The standard InChI is InChI=1S/C30H36N2O3/c1-5-24(4)31-30(34)28(19-25-14-7-6-8-15-25)32(20-26-16-10-9-13-23(26)3)29(33)21-35-27-17-11-12-22(2)18-27/h6-18,24,28H,5,19-21H2,1-4H3,(H,31,34)/t24-,28+/m1/s1. The minimum atomic E-state index is -0.667. The zero-order chi connectivity index (χ0) is 25.2. The second-order valence-electron chi connectivity index (χ2n) is 9.08. The van der Waals surface area contributed by atoms with E-state index in [1.54, 1.807) is 4.90 Å². The Balaban J connectivity index is 1.92. The lowest BCUT2D eigenvalue weighted by Gasteiger charge is -2.32. The van der Waals surface area contributed by atoms with Crippen LogP contribution in [0.2, 0.25) is 0 Å². The Morgan fingerprint density at radius 2 is 1.66 bits per heavy atom. The molecule has 0 fully saturated rings. The van der Waals surface area contributed by atoms with Gasteiger partial charge < -0.3 is 15.0 Å². The van der Waals surface area contributed by atoms with E-state index in [0.717, 1.165) is 28.7 Å². The number of carbonyl (C=O) groups is 2. The third-order valence-corrected chi connectivity index (χ3v) is 6.23. The summed E-state index contributed by atoms with van der Waals surface area (Å²) in [6.07, 6.45) is 1.23. The average Bonchev–Trinajstić information content (AvgIpc) is 2.86. The molecule has 0 spiro atoms. The lowest BCUT2D eigenvalue weighted by Crippen LogP contribution is -2.53. The molecule has 35 heavy (non-hydrogen) atoms. The SMILES string of the molecule is CC[C@@H](C)NC(=O)[C@H](Cc1ccccc1)N(Cc1ccccc1C)C(=O)COc1cccc(C)c1. The summed E-state index contributed by atoms with van der Waals surface area (Å²) in [6, 6.07) is 24.7. The summed E-state index contributed by atoms with van der Waals surface area (Å²) in [4.78, 5) is 28.8. The van der Waals surface area contributed by atoms with Crippen LogP contribution >= 0.6 is 0 Å². The van der Waals surface area contributed by atoms with Gasteiger partial charge in [-0.1, -0.05) is 73.7 Å². The van der Waals surface area contributed by atoms with Crippen molar-refractivity contribution in [2.24, 2.45) is 0 Å². The van der Waals surface area contributed by atoms with E-state index in [2.05, 4.69) is 5.32 Å². The number of rotatable bonds is 11. The topological polar surface area (TPSA) is 58.6 Å². The molecule has 184 valence electrons. The summed E-state index contributed by atoms with van der Waals surface area (Å²) in [5, 5.41) is 3.09. The van der Waals surface area contributed by atoms with Gasteiger partial charge in [-0.05, 0) is 61.6 Å². The van der Waals surface area contributed by atoms with E-state index >= 15 is 0 Å². The predicted molar refractivity (Wildman–Crippen MR) is 140 cm³/mol. The number of nitrogens with one attached hydrogen (secondary N) is 1. The third kappa shape index (κ3) is 7.71. The van der Waals surface area contributed by atoms with Crippen molar-refractivity contribution in [3.05, 3.63) is 101 Å². The van der Waals surface area contributed by atoms with Gasteiger partial charge in [-0.15, -0.1) is 0 Å². The van der Waals surface area contributed by atoms with E-state index in [-0.39, 0.29) is 24.5 Å². The van der Waals surface area contributed by atoms with Crippen LogP contribution in [0.3, 0.4) is 0 Å². The van der Waals surface area contributed by atoms with Crippen LogP contribution < -0.4 is 10.1 Å². The van der Waals surface area contributed by atoms with Crippen molar-refractivity contribution < 1.29 is 14.3 Å². The van der Waals surface area contributed by atoms with Gasteiger partial charge in [-0.25, -0.2) is 0 Å². The van der Waals surface area contributed by atoms with Crippen molar-refractivity contribution in [2.45, 2.75) is 59.2 Å². The maximum absolute atomic E-state index is 13.6. The number of hydrogen-bond acceptors (Lipinski definition) is 3. The molecule has 3 rings (SSSR count). The lowest BCUT2D eigenvalue weighted by atomic mass is 10.0. The molecule has 0 saturated carbocycles. The van der Waals surface area contributed by atoms with E-state index in [9.17, 15) is 9.59 Å². The first-order valence-corrected chi connectivity index (χ1v) is 12.2. The molecular formula is C30H36N2O3. The van der Waals surface area contributed by atoms with Crippen LogP contribution in [0.5, 0.6) is 5.75 Å². The highest BCUT2D eigenvalue weighted by molar-refractivity contribution is 5.88. The number of nitrogens with zero attached hydrogens (tertiary/aromatic N) is 1. The van der Waals surface area contributed by atoms with Crippen LogP contribution in [-0.4, -0.2) is 35.4 Å². The summed E-state index contributed by atoms with van der Waals surface area (Å²) in [7, 11) is 0. The van der Waals surface area contributed by atoms with E-state index < -0.39 is 6.04 Å². The molecule has 0 heterocycles. The van der Waals surface area contributed by atoms with E-state index in [1.807, 2.05) is 107 Å². The molecule has 5 nitrogen and oxygen atoms in total. The first-order valence-electron chi connectivity index (χ1n) is 12.2. The number of ether oxygens (including phenoxy) is 1. The third-order valence-electron chi connectivity index (χ3n) is 6.23. The molecule has 0 aliphatic carbocycles. The average molecular weight is 473 g/mol. The van der Waals surface area contributed by atoms with Crippen LogP contribution in [0, 0.1) is 13.8 Å². The minimum absolute atomic E-state index is 0.0136. The van der Waals surface area contributed by atoms with Gasteiger partial charge in [0.2, 0.25) is 5.91 Å². The fourth-order valence-electron chi connectivity index (χ4n) is 3.90. The number of carbonyl (C=O) groups excluding carboxylic acids is 2. The van der Waals surface area contributed by atoms with Gasteiger partial charge in [-0.2, -0.15) is 0 Å². The van der Waals surface area contributed by atoms with Crippen LogP contribution in [0.25, 0.3) is 0 Å². The van der Waals surface area contributed by atoms with Gasteiger partial charge in [0.1, 0.15) is 11.8 Å². The van der Waals surface area contributed by atoms with Crippen molar-refractivity contribution in [1.82, 2.24) is 10.2 Å². The Hall–Kier alpha value is -3.60. The number of benzene rings is 3. The Morgan fingerprint density at radius 3 is 2.34 bits per heavy atom. The molecule has 2 atom stereocenters. The number of amides is 2. The highest BCUT2D eigenvalue weighted by atomic mass is 16.5. The fraction of sp³-hybridized carbons (Fsp3) is 0.333. The number of aryl methyl sites for hydroxylation is 2. The maximum Gasteiger partial charge on any atom is 0.261 e. The van der Waals surface area contributed by atoms with E-state index in [0.29, 0.717) is 18.7 Å². The van der Waals surface area contributed by atoms with Gasteiger partial charge in [0.05, 0.1) is 0 Å². The van der Waals surface area contributed by atoms with Gasteiger partial charge in [0.25, 0.3) is 5.91 Å². The molecular weight excluding hydrogens is 436 g/mol. The van der Waals surface area contributed by atoms with Crippen LogP contribution in [0.15, 0.2) is 78.9 Å². The fourth-order valence-corrected chi connectivity index (χ4v) is 3.90. The zero-order valence-corrected chi connectivity index (χ0v) is 21.2. The Kier molecular flexibility index (Phi) is 9.47. The second kappa shape index (κ2) is 12.7. The smallest absolute Gasteiger partial charge is 0.261 e. The summed E-state index contributed by atoms with van der Waals surface area (Å²) < 4.78 is 5.86. The Bertz CT molecular complexity index is 1110. The Labute approximate surface area is 209 Å². The molecule has 2 amide bonds. The monoisotopic (exact) mass is 472 g/mol. The molecule has 3 aromatic carbocycles. The minimum Gasteiger partial charge on any atom is -0.484 e. The second-order valence-corrected chi connectivity index (χ2v) is 9.08. The predicted octanol–water partition coefficient (Wildman–Crippen LogP) is 5.24. The molecule has 0 aliphatic heterocycles. The lowest BCUT2D eigenvalue weighted by molar-refractivity contribution is -0.143. The van der Waals surface area contributed by atoms with Crippen LogP contribution in [-0.2, 0) is 22.6 Å². The van der Waals surface area contributed by atoms with Crippen LogP contribution in [0.1, 0.15) is 42.5 Å². The van der Waals surface area contributed by atoms with Crippen molar-refractivity contribution in [2.75, 3.05) is 6.61 Å². The van der Waals surface area contributed by atoms with Gasteiger partial charge in [0, 0.05) is 19.0 Å². The molecule has 1 N–H and O–H groups in total. The first-order chi connectivity index (χ1) is 16.9. The van der Waals surface area contributed by atoms with Crippen molar-refractivity contribution >= 4 is 11.8 Å². The van der Waals surface area contributed by atoms with Crippen molar-refractivity contribution in [3.63, 3.8) is 0 Å². The summed E-state index contributed by atoms with van der Waals surface area (Å²) in [6.45, 7) is 8.20. The Morgan fingerprint density at radius 1 is 0.943 bits per heavy atom. The van der Waals surface area contributed by atoms with Gasteiger partial charge in [-0.3, -0.25) is 9.59 Å². The highest BCUT2D eigenvalue weighted by Gasteiger charge is 2.31. The summed E-state index contributed by atoms with van der Waals surface area (Å²) in [5.41, 5.74) is 4.14. The maximum atomic E-state index is 13.6. The molecule has 0 unspecified atom stereocenters. The first kappa shape index (κ1) is 26.0.